The molecule has 1 aromatic carbocycles. The highest BCUT2D eigenvalue weighted by Crippen LogP contribution is 2.16. The molecule has 0 spiro atoms. The summed E-state index contributed by atoms with van der Waals surface area (Å²) in [6, 6.07) is 4.38. The normalized spacial score (nSPS) is 13.6. The van der Waals surface area contributed by atoms with Crippen molar-refractivity contribution in [2.75, 3.05) is 20.3 Å². The molecular formula is C14H20FN3O3S. The predicted molar refractivity (Wildman–Crippen MR) is 82.6 cm³/mol. The van der Waals surface area contributed by atoms with Gasteiger partial charge in [-0.3, -0.25) is 0 Å². The van der Waals surface area contributed by atoms with Gasteiger partial charge in [-0.1, -0.05) is 0 Å². The molecule has 0 bridgehead atoms. The molecule has 0 aliphatic rings. The molecule has 22 heavy (non-hydrogen) atoms. The number of benzene rings is 1. The first-order chi connectivity index (χ1) is 10.3. The van der Waals surface area contributed by atoms with Crippen molar-refractivity contribution in [1.82, 2.24) is 14.3 Å². The summed E-state index contributed by atoms with van der Waals surface area (Å²) in [6.07, 6.45) is 0.422. The van der Waals surface area contributed by atoms with E-state index >= 15 is 0 Å². The van der Waals surface area contributed by atoms with Crippen molar-refractivity contribution in [3.63, 3.8) is 0 Å². The van der Waals surface area contributed by atoms with E-state index in [1.807, 2.05) is 0 Å². The van der Waals surface area contributed by atoms with Gasteiger partial charge in [0.05, 0.1) is 22.9 Å². The fourth-order valence-electron chi connectivity index (χ4n) is 2.21. The number of fused-ring (bicyclic) bond motifs is 1. The van der Waals surface area contributed by atoms with E-state index < -0.39 is 15.3 Å². The standard InChI is InChI=1S/C14H20FN3O3S/c1-10(9-21-3)22(19,20)16-7-6-14-17-12-5-4-11(15)8-13(12)18(14)2/h4-5,8,10,16H,6-7,9H2,1-3H3. The molecule has 0 aliphatic heterocycles. The number of hydrogen-bond acceptors (Lipinski definition) is 4. The lowest BCUT2D eigenvalue weighted by Crippen LogP contribution is -2.36. The highest BCUT2D eigenvalue weighted by atomic mass is 32.2. The monoisotopic (exact) mass is 329 g/mol. The SMILES string of the molecule is COCC(C)S(=O)(=O)NCCc1nc2ccc(F)cc2n1C. The summed E-state index contributed by atoms with van der Waals surface area (Å²) in [4.78, 5) is 4.39. The lowest BCUT2D eigenvalue weighted by atomic mass is 10.3. The van der Waals surface area contributed by atoms with Crippen molar-refractivity contribution in [2.24, 2.45) is 7.05 Å². The summed E-state index contributed by atoms with van der Waals surface area (Å²) >= 11 is 0. The molecule has 122 valence electrons. The van der Waals surface area contributed by atoms with Crippen LogP contribution in [-0.4, -0.2) is 43.5 Å². The Morgan fingerprint density at radius 1 is 1.45 bits per heavy atom. The van der Waals surface area contributed by atoms with Gasteiger partial charge in [0.2, 0.25) is 10.0 Å². The Kier molecular flexibility index (Phi) is 5.15. The number of nitrogens with zero attached hydrogens (tertiary/aromatic N) is 2. The first-order valence-corrected chi connectivity index (χ1v) is 8.48. The summed E-state index contributed by atoms with van der Waals surface area (Å²) in [6.45, 7) is 1.96. The van der Waals surface area contributed by atoms with Crippen LogP contribution in [-0.2, 0) is 28.2 Å². The van der Waals surface area contributed by atoms with Gasteiger partial charge in [-0.15, -0.1) is 0 Å². The molecule has 1 unspecified atom stereocenters. The second-order valence-corrected chi connectivity index (χ2v) is 7.36. The Bertz CT molecular complexity index is 758. The molecule has 0 saturated heterocycles. The Hall–Kier alpha value is -1.51. The van der Waals surface area contributed by atoms with Crippen LogP contribution in [0.25, 0.3) is 11.0 Å². The molecule has 1 heterocycles. The third-order valence-corrected chi connectivity index (χ3v) is 5.32. The summed E-state index contributed by atoms with van der Waals surface area (Å²) in [5, 5.41) is -0.618. The van der Waals surface area contributed by atoms with E-state index in [9.17, 15) is 12.8 Å². The van der Waals surface area contributed by atoms with Gasteiger partial charge in [-0.25, -0.2) is 22.5 Å². The molecular weight excluding hydrogens is 309 g/mol. The van der Waals surface area contributed by atoms with Gasteiger partial charge in [0, 0.05) is 27.1 Å². The van der Waals surface area contributed by atoms with Crippen LogP contribution in [0.5, 0.6) is 0 Å². The third kappa shape index (κ3) is 3.63. The Balaban J connectivity index is 2.05. The molecule has 0 amide bonds. The summed E-state index contributed by atoms with van der Waals surface area (Å²) in [5.41, 5.74) is 1.38. The molecule has 0 saturated carbocycles. The second kappa shape index (κ2) is 6.72. The molecule has 2 rings (SSSR count). The first kappa shape index (κ1) is 16.9. The fourth-order valence-corrected chi connectivity index (χ4v) is 3.19. The van der Waals surface area contributed by atoms with Gasteiger partial charge in [0.1, 0.15) is 11.6 Å². The van der Waals surface area contributed by atoms with Crippen LogP contribution in [0.3, 0.4) is 0 Å². The van der Waals surface area contributed by atoms with Crippen LogP contribution >= 0.6 is 0 Å². The van der Waals surface area contributed by atoms with Crippen molar-refractivity contribution in [2.45, 2.75) is 18.6 Å². The lowest BCUT2D eigenvalue weighted by molar-refractivity contribution is 0.200. The number of sulfonamides is 1. The molecule has 6 nitrogen and oxygen atoms in total. The van der Waals surface area contributed by atoms with Crippen molar-refractivity contribution in [1.29, 1.82) is 0 Å². The average molecular weight is 329 g/mol. The largest absolute Gasteiger partial charge is 0.383 e. The number of rotatable bonds is 7. The highest BCUT2D eigenvalue weighted by Gasteiger charge is 2.20. The molecule has 0 radical (unpaired) electrons. The number of ether oxygens (including phenoxy) is 1. The van der Waals surface area contributed by atoms with E-state index in [0.29, 0.717) is 23.3 Å². The van der Waals surface area contributed by atoms with Crippen LogP contribution in [0.2, 0.25) is 0 Å². The van der Waals surface area contributed by atoms with Crippen LogP contribution in [0, 0.1) is 5.82 Å². The Morgan fingerprint density at radius 2 is 2.18 bits per heavy atom. The molecule has 0 fully saturated rings. The van der Waals surface area contributed by atoms with Crippen molar-refractivity contribution >= 4 is 21.1 Å². The molecule has 1 aromatic heterocycles. The van der Waals surface area contributed by atoms with Gasteiger partial charge in [0.15, 0.2) is 0 Å². The number of methoxy groups -OCH3 is 1. The van der Waals surface area contributed by atoms with Gasteiger partial charge >= 0.3 is 0 Å². The molecule has 0 aliphatic carbocycles. The van der Waals surface area contributed by atoms with Crippen LogP contribution < -0.4 is 4.72 Å². The van der Waals surface area contributed by atoms with Crippen molar-refractivity contribution in [3.05, 3.63) is 29.8 Å². The van der Waals surface area contributed by atoms with Crippen molar-refractivity contribution < 1.29 is 17.5 Å². The maximum absolute atomic E-state index is 13.3. The van der Waals surface area contributed by atoms with Gasteiger partial charge in [-0.2, -0.15) is 0 Å². The second-order valence-electron chi connectivity index (χ2n) is 5.18. The maximum atomic E-state index is 13.3. The number of hydrogen-bond donors (Lipinski definition) is 1. The summed E-state index contributed by atoms with van der Waals surface area (Å²) < 4.78 is 46.3. The minimum absolute atomic E-state index is 0.140. The number of imidazole rings is 1. The van der Waals surface area contributed by atoms with Crippen LogP contribution in [0.1, 0.15) is 12.7 Å². The number of nitrogens with one attached hydrogen (secondary N) is 1. The Labute approximate surface area is 129 Å². The number of halogens is 1. The minimum atomic E-state index is -3.41. The quantitative estimate of drug-likeness (QED) is 0.829. The van der Waals surface area contributed by atoms with E-state index in [-0.39, 0.29) is 19.0 Å². The smallest absolute Gasteiger partial charge is 0.216 e. The minimum Gasteiger partial charge on any atom is -0.383 e. The van der Waals surface area contributed by atoms with E-state index in [0.717, 1.165) is 0 Å². The fraction of sp³-hybridized carbons (Fsp3) is 0.500. The Morgan fingerprint density at radius 3 is 2.86 bits per heavy atom. The number of aryl methyl sites for hydroxylation is 1. The molecule has 8 heteroatoms. The van der Waals surface area contributed by atoms with Gasteiger partial charge in [0.25, 0.3) is 0 Å². The molecule has 1 N–H and O–H groups in total. The number of aromatic nitrogens is 2. The van der Waals surface area contributed by atoms with E-state index in [1.165, 1.54) is 19.2 Å². The maximum Gasteiger partial charge on any atom is 0.216 e. The van der Waals surface area contributed by atoms with Gasteiger partial charge in [-0.05, 0) is 25.1 Å². The van der Waals surface area contributed by atoms with Gasteiger partial charge < -0.3 is 9.30 Å². The zero-order chi connectivity index (χ0) is 16.3. The van der Waals surface area contributed by atoms with E-state index in [1.54, 1.807) is 24.6 Å². The first-order valence-electron chi connectivity index (χ1n) is 6.93. The zero-order valence-corrected chi connectivity index (χ0v) is 13.7. The van der Waals surface area contributed by atoms with E-state index in [4.69, 9.17) is 4.74 Å². The molecule has 2 aromatic rings. The molecule has 1 atom stereocenters. The van der Waals surface area contributed by atoms with E-state index in [2.05, 4.69) is 9.71 Å². The van der Waals surface area contributed by atoms with Crippen LogP contribution in [0.15, 0.2) is 18.2 Å². The average Bonchev–Trinajstić information content (AvgIpc) is 2.76. The summed E-state index contributed by atoms with van der Waals surface area (Å²) in [5.74, 6) is 0.374. The van der Waals surface area contributed by atoms with Crippen molar-refractivity contribution in [3.8, 4) is 0 Å². The third-order valence-electron chi connectivity index (χ3n) is 3.52. The summed E-state index contributed by atoms with van der Waals surface area (Å²) in [7, 11) is -0.167. The predicted octanol–water partition coefficient (Wildman–Crippen LogP) is 1.21. The zero-order valence-electron chi connectivity index (χ0n) is 12.8. The lowest BCUT2D eigenvalue weighted by Gasteiger charge is -2.12. The topological polar surface area (TPSA) is 73.2 Å². The van der Waals surface area contributed by atoms with Crippen LogP contribution in [0.4, 0.5) is 4.39 Å². The highest BCUT2D eigenvalue weighted by molar-refractivity contribution is 7.90.